The Morgan fingerprint density at radius 1 is 1.08 bits per heavy atom. The topological polar surface area (TPSA) is 78.3 Å². The zero-order valence-electron chi connectivity index (χ0n) is 19.8. The minimum absolute atomic E-state index is 0.000823. The van der Waals surface area contributed by atoms with Crippen LogP contribution < -0.4 is 14.8 Å². The smallest absolute Gasteiger partial charge is 0.416 e. The molecule has 196 valence electrons. The number of rotatable bonds is 7. The van der Waals surface area contributed by atoms with Crippen molar-refractivity contribution in [1.29, 1.82) is 0 Å². The Bertz CT molecular complexity index is 1480. The monoisotopic (exact) mass is 560 g/mol. The van der Waals surface area contributed by atoms with Gasteiger partial charge in [-0.15, -0.1) is 10.2 Å². The van der Waals surface area contributed by atoms with E-state index in [0.29, 0.717) is 29.0 Å². The number of carbonyl (C=O) groups is 1. The van der Waals surface area contributed by atoms with Crippen molar-refractivity contribution in [2.75, 3.05) is 12.1 Å². The Morgan fingerprint density at radius 3 is 2.61 bits per heavy atom. The molecule has 1 aliphatic rings. The number of nitrogens with one attached hydrogen (secondary N) is 1. The first-order valence-electron chi connectivity index (χ1n) is 11.4. The highest BCUT2D eigenvalue weighted by Crippen LogP contribution is 2.36. The Hall–Kier alpha value is -3.70. The standard InChI is InChI=1S/C26H20ClF3N4O3S/c1-15(24(35)31-20-12-18(26(28,29)30)8-9-19(20)27)38-25-33-32-23(17-5-3-2-4-6-17)34(25)13-16-7-10-21-22(11-16)37-14-36-21/h2-12,15H,13-14H2,1H3,(H,31,35)/t15-/m1/s1. The summed E-state index contributed by atoms with van der Waals surface area (Å²) in [5.74, 6) is 1.36. The van der Waals surface area contributed by atoms with Gasteiger partial charge in [0.15, 0.2) is 22.5 Å². The summed E-state index contributed by atoms with van der Waals surface area (Å²) in [7, 11) is 0. The minimum Gasteiger partial charge on any atom is -0.454 e. The fourth-order valence-corrected chi connectivity index (χ4v) is 4.80. The number of thioether (sulfide) groups is 1. The number of nitrogens with zero attached hydrogens (tertiary/aromatic N) is 3. The van der Waals surface area contributed by atoms with Gasteiger partial charge in [-0.2, -0.15) is 13.2 Å². The van der Waals surface area contributed by atoms with Crippen molar-refractivity contribution in [3.05, 3.63) is 82.9 Å². The maximum atomic E-state index is 13.1. The van der Waals surface area contributed by atoms with Crippen LogP contribution in [0.1, 0.15) is 18.1 Å². The summed E-state index contributed by atoms with van der Waals surface area (Å²) in [5, 5.41) is 10.9. The molecular weight excluding hydrogens is 541 g/mol. The number of alkyl halides is 3. The Balaban J connectivity index is 1.40. The number of carbonyl (C=O) groups excluding carboxylic acids is 1. The average molecular weight is 561 g/mol. The largest absolute Gasteiger partial charge is 0.454 e. The number of anilines is 1. The molecule has 0 unspecified atom stereocenters. The number of hydrogen-bond acceptors (Lipinski definition) is 6. The molecule has 5 rings (SSSR count). The SMILES string of the molecule is C[C@@H](Sc1nnc(-c2ccccc2)n1Cc1ccc2c(c1)OCO2)C(=O)Nc1cc(C(F)(F)F)ccc1Cl. The lowest BCUT2D eigenvalue weighted by Crippen LogP contribution is -2.23. The van der Waals surface area contributed by atoms with Crippen molar-refractivity contribution in [2.45, 2.75) is 30.1 Å². The van der Waals surface area contributed by atoms with E-state index in [0.717, 1.165) is 41.1 Å². The molecule has 0 saturated heterocycles. The van der Waals surface area contributed by atoms with Gasteiger partial charge in [-0.1, -0.05) is 59.8 Å². The van der Waals surface area contributed by atoms with E-state index in [-0.39, 0.29) is 17.5 Å². The van der Waals surface area contributed by atoms with E-state index in [9.17, 15) is 18.0 Å². The van der Waals surface area contributed by atoms with E-state index in [2.05, 4.69) is 15.5 Å². The Morgan fingerprint density at radius 2 is 1.84 bits per heavy atom. The lowest BCUT2D eigenvalue weighted by Gasteiger charge is -2.16. The molecule has 0 aliphatic carbocycles. The fraction of sp³-hybridized carbons (Fsp3) is 0.192. The van der Waals surface area contributed by atoms with Gasteiger partial charge in [0.25, 0.3) is 0 Å². The summed E-state index contributed by atoms with van der Waals surface area (Å²) in [4.78, 5) is 12.9. The molecule has 38 heavy (non-hydrogen) atoms. The molecule has 1 aliphatic heterocycles. The molecule has 1 N–H and O–H groups in total. The normalized spacial score (nSPS) is 13.4. The van der Waals surface area contributed by atoms with Crippen LogP contribution in [0.2, 0.25) is 5.02 Å². The minimum atomic E-state index is -4.57. The Kier molecular flexibility index (Phi) is 7.22. The van der Waals surface area contributed by atoms with Crippen LogP contribution in [0, 0.1) is 0 Å². The van der Waals surface area contributed by atoms with E-state index in [1.807, 2.05) is 53.1 Å². The zero-order chi connectivity index (χ0) is 26.9. The lowest BCUT2D eigenvalue weighted by atomic mass is 10.2. The average Bonchev–Trinajstić information content (AvgIpc) is 3.52. The number of fused-ring (bicyclic) bond motifs is 1. The lowest BCUT2D eigenvalue weighted by molar-refractivity contribution is -0.137. The summed E-state index contributed by atoms with van der Waals surface area (Å²) >= 11 is 7.18. The van der Waals surface area contributed by atoms with Gasteiger partial charge >= 0.3 is 6.18 Å². The van der Waals surface area contributed by atoms with E-state index >= 15 is 0 Å². The summed E-state index contributed by atoms with van der Waals surface area (Å²) in [6.45, 7) is 2.16. The Labute approximate surface area is 224 Å². The zero-order valence-corrected chi connectivity index (χ0v) is 21.4. The van der Waals surface area contributed by atoms with E-state index in [1.165, 1.54) is 0 Å². The molecule has 0 radical (unpaired) electrons. The van der Waals surface area contributed by atoms with Gasteiger partial charge in [-0.25, -0.2) is 0 Å². The van der Waals surface area contributed by atoms with Crippen LogP contribution >= 0.6 is 23.4 Å². The van der Waals surface area contributed by atoms with Crippen LogP contribution in [-0.2, 0) is 17.5 Å². The first kappa shape index (κ1) is 25.9. The maximum Gasteiger partial charge on any atom is 0.416 e. The highest BCUT2D eigenvalue weighted by molar-refractivity contribution is 8.00. The molecule has 0 spiro atoms. The highest BCUT2D eigenvalue weighted by atomic mass is 35.5. The molecule has 2 heterocycles. The van der Waals surface area contributed by atoms with Crippen molar-refractivity contribution in [2.24, 2.45) is 0 Å². The third kappa shape index (κ3) is 5.58. The number of aromatic nitrogens is 3. The molecule has 1 amide bonds. The van der Waals surface area contributed by atoms with Crippen molar-refractivity contribution in [1.82, 2.24) is 14.8 Å². The molecule has 0 saturated carbocycles. The number of amides is 1. The van der Waals surface area contributed by atoms with E-state index < -0.39 is 22.9 Å². The van der Waals surface area contributed by atoms with Gasteiger partial charge in [-0.05, 0) is 42.8 Å². The molecule has 1 atom stereocenters. The fourth-order valence-electron chi connectivity index (χ4n) is 3.78. The number of hydrogen-bond donors (Lipinski definition) is 1. The molecular formula is C26H20ClF3N4O3S. The summed E-state index contributed by atoms with van der Waals surface area (Å²) in [5.41, 5.74) is 0.709. The van der Waals surface area contributed by atoms with Gasteiger partial charge in [-0.3, -0.25) is 9.36 Å². The molecule has 3 aromatic carbocycles. The molecule has 0 bridgehead atoms. The van der Waals surface area contributed by atoms with Gasteiger partial charge < -0.3 is 14.8 Å². The van der Waals surface area contributed by atoms with Gasteiger partial charge in [0.05, 0.1) is 28.1 Å². The van der Waals surface area contributed by atoms with Crippen LogP contribution in [0.15, 0.2) is 71.9 Å². The quantitative estimate of drug-likeness (QED) is 0.260. The second-order valence-corrected chi connectivity index (χ2v) is 10.1. The van der Waals surface area contributed by atoms with Gasteiger partial charge in [0, 0.05) is 5.56 Å². The molecule has 4 aromatic rings. The van der Waals surface area contributed by atoms with Crippen molar-refractivity contribution < 1.29 is 27.4 Å². The highest BCUT2D eigenvalue weighted by Gasteiger charge is 2.31. The first-order chi connectivity index (χ1) is 18.2. The summed E-state index contributed by atoms with van der Waals surface area (Å²) in [6, 6.07) is 17.8. The second-order valence-electron chi connectivity index (χ2n) is 8.39. The number of halogens is 4. The predicted molar refractivity (Wildman–Crippen MR) is 138 cm³/mol. The number of ether oxygens (including phenoxy) is 2. The van der Waals surface area contributed by atoms with Crippen molar-refractivity contribution in [3.8, 4) is 22.9 Å². The van der Waals surface area contributed by atoms with E-state index in [4.69, 9.17) is 21.1 Å². The predicted octanol–water partition coefficient (Wildman–Crippen LogP) is 6.51. The maximum absolute atomic E-state index is 13.1. The van der Waals surface area contributed by atoms with Crippen LogP contribution in [0.25, 0.3) is 11.4 Å². The second kappa shape index (κ2) is 10.6. The summed E-state index contributed by atoms with van der Waals surface area (Å²) in [6.07, 6.45) is -4.57. The molecule has 0 fully saturated rings. The van der Waals surface area contributed by atoms with Crippen LogP contribution in [-0.4, -0.2) is 32.7 Å². The van der Waals surface area contributed by atoms with Crippen molar-refractivity contribution in [3.63, 3.8) is 0 Å². The van der Waals surface area contributed by atoms with Crippen LogP contribution in [0.3, 0.4) is 0 Å². The summed E-state index contributed by atoms with van der Waals surface area (Å²) < 4.78 is 52.1. The van der Waals surface area contributed by atoms with Crippen LogP contribution in [0.4, 0.5) is 18.9 Å². The molecule has 7 nitrogen and oxygen atoms in total. The van der Waals surface area contributed by atoms with Gasteiger partial charge in [0.1, 0.15) is 0 Å². The number of benzene rings is 3. The third-order valence-electron chi connectivity index (χ3n) is 5.73. The van der Waals surface area contributed by atoms with Crippen molar-refractivity contribution >= 4 is 35.0 Å². The molecule has 1 aromatic heterocycles. The molecule has 12 heteroatoms. The third-order valence-corrected chi connectivity index (χ3v) is 7.14. The van der Waals surface area contributed by atoms with Gasteiger partial charge in [0.2, 0.25) is 12.7 Å². The van der Waals surface area contributed by atoms with E-state index in [1.54, 1.807) is 6.92 Å². The first-order valence-corrected chi connectivity index (χ1v) is 12.7. The van der Waals surface area contributed by atoms with Crippen LogP contribution in [0.5, 0.6) is 11.5 Å².